The number of nitrogens with zero attached hydrogens (tertiary/aromatic N) is 10. The molecular formula is C62H86BBrN10O6. The monoisotopic (exact) mass is 1160 g/mol. The number of carbonyl (C=O) groups is 2. The maximum Gasteiger partial charge on any atom is 0.496 e. The highest BCUT2D eigenvalue weighted by Crippen LogP contribution is 2.38. The van der Waals surface area contributed by atoms with Crippen molar-refractivity contribution in [2.75, 3.05) is 101 Å². The first-order valence-corrected chi connectivity index (χ1v) is 29.8. The van der Waals surface area contributed by atoms with Gasteiger partial charge < -0.3 is 48.2 Å². The van der Waals surface area contributed by atoms with Crippen LogP contribution in [0.5, 0.6) is 0 Å². The Morgan fingerprint density at radius 2 is 1.01 bits per heavy atom. The second-order valence-electron chi connectivity index (χ2n) is 25.0. The van der Waals surface area contributed by atoms with Crippen LogP contribution in [0.4, 0.5) is 21.0 Å². The van der Waals surface area contributed by atoms with Gasteiger partial charge >= 0.3 is 19.3 Å². The lowest BCUT2D eigenvalue weighted by molar-refractivity contribution is 0.00578. The Bertz CT molecular complexity index is 3030. The third kappa shape index (κ3) is 14.1. The smallest absolute Gasteiger partial charge is 0.444 e. The van der Waals surface area contributed by atoms with E-state index in [1.807, 2.05) is 69.0 Å². The van der Waals surface area contributed by atoms with Gasteiger partial charge in [-0.1, -0.05) is 66.2 Å². The van der Waals surface area contributed by atoms with Crippen LogP contribution in [0.25, 0.3) is 22.2 Å². The minimum absolute atomic E-state index is 0.231. The molecule has 0 radical (unpaired) electrons. The lowest BCUT2D eigenvalue weighted by Crippen LogP contribution is -2.50. The van der Waals surface area contributed by atoms with Crippen molar-refractivity contribution in [3.8, 4) is 11.1 Å². The molecule has 5 saturated heterocycles. The molecule has 0 aliphatic carbocycles. The molecule has 0 saturated carbocycles. The number of likely N-dealkylation sites (N-methyl/N-ethyl adjacent to an activating group) is 2. The van der Waals surface area contributed by atoms with Crippen LogP contribution in [0.15, 0.2) is 102 Å². The van der Waals surface area contributed by atoms with Gasteiger partial charge in [0.2, 0.25) is 0 Å². The predicted molar refractivity (Wildman–Crippen MR) is 325 cm³/mol. The second kappa shape index (κ2) is 24.4. The van der Waals surface area contributed by atoms with Crippen LogP contribution in [0.2, 0.25) is 0 Å². The summed E-state index contributed by atoms with van der Waals surface area (Å²) >= 11 is 3.47. The van der Waals surface area contributed by atoms with Crippen molar-refractivity contribution in [3.63, 3.8) is 0 Å². The van der Waals surface area contributed by atoms with Gasteiger partial charge in [-0.15, -0.1) is 0 Å². The largest absolute Gasteiger partial charge is 0.496 e. The molecule has 80 heavy (non-hydrogen) atoms. The van der Waals surface area contributed by atoms with E-state index in [9.17, 15) is 9.59 Å². The van der Waals surface area contributed by atoms with Crippen molar-refractivity contribution in [2.45, 2.75) is 130 Å². The van der Waals surface area contributed by atoms with Crippen LogP contribution in [0, 0.1) is 0 Å². The van der Waals surface area contributed by atoms with Crippen LogP contribution < -0.4 is 15.3 Å². The number of halogens is 1. The molecule has 6 aromatic rings. The number of carbonyl (C=O) groups excluding carboxylic acids is 2. The maximum atomic E-state index is 12.4. The van der Waals surface area contributed by atoms with E-state index in [-0.39, 0.29) is 23.4 Å². The van der Waals surface area contributed by atoms with E-state index in [2.05, 4.69) is 160 Å². The van der Waals surface area contributed by atoms with E-state index in [4.69, 9.17) is 18.8 Å². The van der Waals surface area contributed by atoms with Gasteiger partial charge in [-0.3, -0.25) is 0 Å². The molecule has 2 atom stereocenters. The summed E-state index contributed by atoms with van der Waals surface area (Å²) in [5.74, 6) is 1.40. The molecule has 2 amide bonds. The number of ether oxygens (including phenoxy) is 2. The van der Waals surface area contributed by atoms with Crippen molar-refractivity contribution >= 4 is 63.1 Å². The Morgan fingerprint density at radius 1 is 0.588 bits per heavy atom. The number of hydrogen-bond acceptors (Lipinski definition) is 12. The lowest BCUT2D eigenvalue weighted by atomic mass is 9.81. The van der Waals surface area contributed by atoms with E-state index in [1.54, 1.807) is 16.0 Å². The number of fused-ring (bicyclic) bond motifs is 2. The third-order valence-electron chi connectivity index (χ3n) is 16.6. The average Bonchev–Trinajstić information content (AvgIpc) is 4.35. The summed E-state index contributed by atoms with van der Waals surface area (Å²) in [5.41, 5.74) is 8.85. The minimum Gasteiger partial charge on any atom is -0.444 e. The van der Waals surface area contributed by atoms with Crippen LogP contribution in [-0.2, 0) is 18.8 Å². The number of anilines is 2. The maximum absolute atomic E-state index is 12.4. The van der Waals surface area contributed by atoms with Crippen LogP contribution in [-0.4, -0.2) is 172 Å². The van der Waals surface area contributed by atoms with E-state index >= 15 is 0 Å². The number of likely N-dealkylation sites (tertiary alicyclic amines) is 2. The number of rotatable bonds is 8. The predicted octanol–water partition coefficient (Wildman–Crippen LogP) is 10.8. The highest BCUT2D eigenvalue weighted by Gasteiger charge is 2.52. The summed E-state index contributed by atoms with van der Waals surface area (Å²) in [5, 5.41) is 9.04. The molecule has 18 heteroatoms. The van der Waals surface area contributed by atoms with Gasteiger partial charge in [0.05, 0.1) is 33.6 Å². The first kappa shape index (κ1) is 59.0. The van der Waals surface area contributed by atoms with Gasteiger partial charge in [0.25, 0.3) is 0 Å². The normalized spacial score (nSPS) is 20.7. The molecule has 5 aliphatic rings. The quantitative estimate of drug-likeness (QED) is 0.135. The Morgan fingerprint density at radius 3 is 1.44 bits per heavy atom. The van der Waals surface area contributed by atoms with Crippen LogP contribution >= 0.6 is 15.9 Å². The molecule has 2 aromatic carbocycles. The SMILES string of the molecule is CC(C)(C)OC(=O)N1CCN(c2ccnn3cc(B4OC(C)(C)C(C)(C)O4)cc23)CC1.CCN1CCC(c2ccc(-c3cc4c(N5CCN(C(=O)OC(C)(C)C)CC5)ccnn4c3)cc2)C1.CCN1CCC(c2ccc(Br)cc2)C1. The topological polar surface area (TPSA) is 125 Å². The highest BCUT2D eigenvalue weighted by atomic mass is 79.9. The number of benzene rings is 2. The fraction of sp³-hybridized carbons (Fsp3) is 0.548. The molecule has 0 bridgehead atoms. The van der Waals surface area contributed by atoms with Crippen LogP contribution in [0.3, 0.4) is 0 Å². The van der Waals surface area contributed by atoms with Gasteiger partial charge in [0.1, 0.15) is 11.2 Å². The molecule has 0 spiro atoms. The molecule has 0 N–H and O–H groups in total. The highest BCUT2D eigenvalue weighted by molar-refractivity contribution is 9.10. The zero-order valence-electron chi connectivity index (χ0n) is 49.6. The van der Waals surface area contributed by atoms with Gasteiger partial charge in [-0.25, -0.2) is 18.6 Å². The first-order valence-electron chi connectivity index (χ1n) is 29.0. The third-order valence-corrected chi connectivity index (χ3v) is 17.1. The van der Waals surface area contributed by atoms with Crippen molar-refractivity contribution in [3.05, 3.63) is 113 Å². The second-order valence-corrected chi connectivity index (χ2v) is 25.9. The molecule has 430 valence electrons. The zero-order valence-corrected chi connectivity index (χ0v) is 51.2. The van der Waals surface area contributed by atoms with E-state index in [1.165, 1.54) is 72.3 Å². The number of amides is 2. The van der Waals surface area contributed by atoms with Gasteiger partial charge in [0, 0.05) is 106 Å². The lowest BCUT2D eigenvalue weighted by Gasteiger charge is -2.36. The summed E-state index contributed by atoms with van der Waals surface area (Å²) in [4.78, 5) is 38.0. The van der Waals surface area contributed by atoms with E-state index in [0.29, 0.717) is 32.1 Å². The first-order chi connectivity index (χ1) is 38.0. The fourth-order valence-corrected chi connectivity index (χ4v) is 11.5. The summed E-state index contributed by atoms with van der Waals surface area (Å²) in [6, 6.07) is 26.3. The fourth-order valence-electron chi connectivity index (χ4n) is 11.2. The van der Waals surface area contributed by atoms with Crippen molar-refractivity contribution < 1.29 is 28.4 Å². The molecule has 5 fully saturated rings. The average molecular weight is 1160 g/mol. The van der Waals surface area contributed by atoms with Crippen molar-refractivity contribution in [2.24, 2.45) is 0 Å². The van der Waals surface area contributed by atoms with Gasteiger partial charge in [-0.05, 0) is 173 Å². The number of aromatic nitrogens is 4. The summed E-state index contributed by atoms with van der Waals surface area (Å²) in [6.45, 7) is 36.8. The Balaban J connectivity index is 0.000000157. The van der Waals surface area contributed by atoms with E-state index < -0.39 is 18.3 Å². The molecule has 5 aliphatic heterocycles. The molecule has 2 unspecified atom stereocenters. The van der Waals surface area contributed by atoms with E-state index in [0.717, 1.165) is 66.5 Å². The Labute approximate surface area is 483 Å². The van der Waals surface area contributed by atoms with Crippen LogP contribution in [0.1, 0.15) is 119 Å². The van der Waals surface area contributed by atoms with Crippen molar-refractivity contribution in [1.29, 1.82) is 0 Å². The standard InChI is InChI=1S/C28H37N5O2.C22H33BN4O4.C12H16BrN/c1-5-30-13-11-23(19-30)21-6-8-22(9-7-21)24-18-26-25(10-12-29-33(26)20-24)31-14-16-32(17-15-31)27(34)35-28(2,3)4;1-20(2,3)29-19(28)26-12-10-25(11-13-26)17-8-9-24-27-15-16(14-18(17)27)23-30-21(4,5)22(6,7)31-23;1-2-14-8-7-11(9-14)10-3-5-12(13)6-4-10/h6-10,12,18,20,23H,5,11,13-17,19H2,1-4H3;8-9,14-15H,10-13H2,1-7H3;3-6,11H,2,7-9H2,1H3. The molecule has 9 heterocycles. The Kier molecular flexibility index (Phi) is 18.0. The van der Waals surface area contributed by atoms with Gasteiger partial charge in [-0.2, -0.15) is 10.2 Å². The number of hydrogen-bond donors (Lipinski definition) is 0. The summed E-state index contributed by atoms with van der Waals surface area (Å²) in [7, 11) is -0.427. The number of piperazine rings is 2. The molecule has 16 nitrogen and oxygen atoms in total. The minimum atomic E-state index is -0.485. The summed E-state index contributed by atoms with van der Waals surface area (Å²) in [6.07, 6.45) is 9.82. The molecule has 11 rings (SSSR count). The zero-order chi connectivity index (χ0) is 57.1. The van der Waals surface area contributed by atoms with Gasteiger partial charge in [0.15, 0.2) is 0 Å². The molecule has 4 aromatic heterocycles. The molecular weight excluding hydrogens is 1070 g/mol. The summed E-state index contributed by atoms with van der Waals surface area (Å²) < 4.78 is 28.5. The van der Waals surface area contributed by atoms with Crippen molar-refractivity contribution in [1.82, 2.24) is 38.8 Å². The Hall–Kier alpha value is -5.66.